The van der Waals surface area contributed by atoms with Crippen LogP contribution < -0.4 is 0 Å². The summed E-state index contributed by atoms with van der Waals surface area (Å²) in [6.45, 7) is 9.95. The molecule has 4 nitrogen and oxygen atoms in total. The lowest BCUT2D eigenvalue weighted by atomic mass is 10.0. The lowest BCUT2D eigenvalue weighted by Gasteiger charge is -2.07. The standard InChI is InChI=1S/C28H54O4/c1-25(2)19-17-23-31-27(29)21-15-13-11-9-7-5-6-8-10-12-14-16-22-28(30)32-24-18-20-26(3)4/h25-26H,5-24H2,1-4H3. The number of carbonyl (C=O) groups is 2. The number of unbranched alkanes of at least 4 members (excludes halogenated alkanes) is 11. The van der Waals surface area contributed by atoms with Gasteiger partial charge in [-0.25, -0.2) is 0 Å². The maximum absolute atomic E-state index is 11.7. The van der Waals surface area contributed by atoms with Crippen molar-refractivity contribution in [3.63, 3.8) is 0 Å². The Hall–Kier alpha value is -1.06. The molecule has 0 saturated carbocycles. The van der Waals surface area contributed by atoms with E-state index in [1.54, 1.807) is 0 Å². The summed E-state index contributed by atoms with van der Waals surface area (Å²) in [5, 5.41) is 0. The molecule has 0 heterocycles. The molecule has 4 heteroatoms. The first kappa shape index (κ1) is 30.9. The molecule has 0 fully saturated rings. The molecule has 190 valence electrons. The van der Waals surface area contributed by atoms with E-state index in [9.17, 15) is 9.59 Å². The van der Waals surface area contributed by atoms with Crippen LogP contribution in [0.1, 0.15) is 143 Å². The van der Waals surface area contributed by atoms with E-state index in [4.69, 9.17) is 9.47 Å². The van der Waals surface area contributed by atoms with Gasteiger partial charge in [-0.15, -0.1) is 0 Å². The predicted octanol–water partition coefficient (Wildman–Crippen LogP) is 8.41. The first-order chi connectivity index (χ1) is 15.4. The van der Waals surface area contributed by atoms with Crippen molar-refractivity contribution >= 4 is 11.9 Å². The van der Waals surface area contributed by atoms with Crippen LogP contribution in [-0.4, -0.2) is 25.2 Å². The molecule has 0 atom stereocenters. The third kappa shape index (κ3) is 25.2. The quantitative estimate of drug-likeness (QED) is 0.115. The summed E-state index contributed by atoms with van der Waals surface area (Å²) in [5.41, 5.74) is 0. The number of hydrogen-bond donors (Lipinski definition) is 0. The van der Waals surface area contributed by atoms with Crippen LogP contribution in [0.25, 0.3) is 0 Å². The van der Waals surface area contributed by atoms with Crippen LogP contribution in [0.4, 0.5) is 0 Å². The minimum absolute atomic E-state index is 0.0210. The van der Waals surface area contributed by atoms with Crippen molar-refractivity contribution in [3.05, 3.63) is 0 Å². The summed E-state index contributed by atoms with van der Waals surface area (Å²) in [6, 6.07) is 0. The van der Waals surface area contributed by atoms with Crippen molar-refractivity contribution in [2.45, 2.75) is 143 Å². The number of carbonyl (C=O) groups excluding carboxylic acids is 2. The topological polar surface area (TPSA) is 52.6 Å². The largest absolute Gasteiger partial charge is 0.466 e. The molecular formula is C28H54O4. The Bertz CT molecular complexity index is 391. The van der Waals surface area contributed by atoms with E-state index < -0.39 is 0 Å². The van der Waals surface area contributed by atoms with Crippen molar-refractivity contribution in [2.75, 3.05) is 13.2 Å². The Kier molecular flexibility index (Phi) is 22.3. The van der Waals surface area contributed by atoms with Gasteiger partial charge in [0.1, 0.15) is 0 Å². The molecule has 0 amide bonds. The van der Waals surface area contributed by atoms with Gasteiger partial charge in [0.25, 0.3) is 0 Å². The number of ether oxygens (including phenoxy) is 2. The van der Waals surface area contributed by atoms with Gasteiger partial charge in [0.2, 0.25) is 0 Å². The average Bonchev–Trinajstić information content (AvgIpc) is 2.74. The molecule has 0 aromatic rings. The Morgan fingerprint density at radius 1 is 0.469 bits per heavy atom. The van der Waals surface area contributed by atoms with Gasteiger partial charge >= 0.3 is 11.9 Å². The molecule has 32 heavy (non-hydrogen) atoms. The highest BCUT2D eigenvalue weighted by molar-refractivity contribution is 5.69. The SMILES string of the molecule is CC(C)CCCOC(=O)CCCCCCCCCCCCCCC(=O)OCCCC(C)C. The normalized spacial score (nSPS) is 11.3. The molecule has 0 saturated heterocycles. The summed E-state index contributed by atoms with van der Waals surface area (Å²) in [5.74, 6) is 1.32. The van der Waals surface area contributed by atoms with Gasteiger partial charge < -0.3 is 9.47 Å². The van der Waals surface area contributed by atoms with E-state index in [-0.39, 0.29) is 11.9 Å². The number of hydrogen-bond acceptors (Lipinski definition) is 4. The van der Waals surface area contributed by atoms with Gasteiger partial charge in [-0.2, -0.15) is 0 Å². The molecule has 0 bridgehead atoms. The zero-order valence-corrected chi connectivity index (χ0v) is 21.9. The van der Waals surface area contributed by atoms with Crippen molar-refractivity contribution in [1.82, 2.24) is 0 Å². The molecule has 0 N–H and O–H groups in total. The minimum atomic E-state index is -0.0210. The molecule has 0 aliphatic heterocycles. The molecule has 0 aliphatic rings. The predicted molar refractivity (Wildman–Crippen MR) is 135 cm³/mol. The van der Waals surface area contributed by atoms with Gasteiger partial charge in [-0.3, -0.25) is 9.59 Å². The van der Waals surface area contributed by atoms with Crippen molar-refractivity contribution < 1.29 is 19.1 Å². The fourth-order valence-electron chi connectivity index (χ4n) is 3.81. The van der Waals surface area contributed by atoms with E-state index in [0.29, 0.717) is 37.9 Å². The maximum atomic E-state index is 11.7. The Labute approximate surface area is 199 Å². The van der Waals surface area contributed by atoms with Crippen LogP contribution in [-0.2, 0) is 19.1 Å². The minimum Gasteiger partial charge on any atom is -0.466 e. The third-order valence-electron chi connectivity index (χ3n) is 5.89. The fraction of sp³-hybridized carbons (Fsp3) is 0.929. The highest BCUT2D eigenvalue weighted by Crippen LogP contribution is 2.13. The second-order valence-corrected chi connectivity index (χ2v) is 10.3. The van der Waals surface area contributed by atoms with Crippen LogP contribution in [0.2, 0.25) is 0 Å². The van der Waals surface area contributed by atoms with Gasteiger partial charge in [-0.1, -0.05) is 91.9 Å². The Morgan fingerprint density at radius 2 is 0.750 bits per heavy atom. The highest BCUT2D eigenvalue weighted by atomic mass is 16.5. The molecule has 0 aromatic heterocycles. The second kappa shape index (κ2) is 23.1. The van der Waals surface area contributed by atoms with E-state index in [0.717, 1.165) is 51.4 Å². The van der Waals surface area contributed by atoms with Crippen molar-refractivity contribution in [2.24, 2.45) is 11.8 Å². The summed E-state index contributed by atoms with van der Waals surface area (Å²) in [7, 11) is 0. The summed E-state index contributed by atoms with van der Waals surface area (Å²) >= 11 is 0. The number of rotatable bonds is 23. The second-order valence-electron chi connectivity index (χ2n) is 10.3. The van der Waals surface area contributed by atoms with Gasteiger partial charge in [0.15, 0.2) is 0 Å². The van der Waals surface area contributed by atoms with Gasteiger partial charge in [-0.05, 0) is 50.4 Å². The summed E-state index contributed by atoms with van der Waals surface area (Å²) < 4.78 is 10.6. The van der Waals surface area contributed by atoms with Gasteiger partial charge in [0, 0.05) is 12.8 Å². The van der Waals surface area contributed by atoms with E-state index in [1.807, 2.05) is 0 Å². The van der Waals surface area contributed by atoms with Crippen molar-refractivity contribution in [3.8, 4) is 0 Å². The monoisotopic (exact) mass is 454 g/mol. The van der Waals surface area contributed by atoms with E-state index in [1.165, 1.54) is 51.4 Å². The highest BCUT2D eigenvalue weighted by Gasteiger charge is 2.04. The first-order valence-corrected chi connectivity index (χ1v) is 13.7. The molecule has 0 unspecified atom stereocenters. The van der Waals surface area contributed by atoms with Crippen LogP contribution in [0, 0.1) is 11.8 Å². The van der Waals surface area contributed by atoms with Crippen LogP contribution in [0.15, 0.2) is 0 Å². The maximum Gasteiger partial charge on any atom is 0.305 e. The van der Waals surface area contributed by atoms with E-state index >= 15 is 0 Å². The molecule has 0 spiro atoms. The van der Waals surface area contributed by atoms with Crippen molar-refractivity contribution in [1.29, 1.82) is 0 Å². The first-order valence-electron chi connectivity index (χ1n) is 13.7. The Balaban J connectivity index is 3.22. The zero-order chi connectivity index (χ0) is 23.9. The molecule has 0 aromatic carbocycles. The summed E-state index contributed by atoms with van der Waals surface area (Å²) in [4.78, 5) is 23.3. The Morgan fingerprint density at radius 3 is 1.03 bits per heavy atom. The third-order valence-corrected chi connectivity index (χ3v) is 5.89. The lowest BCUT2D eigenvalue weighted by Crippen LogP contribution is -2.06. The molecule has 0 aliphatic carbocycles. The smallest absolute Gasteiger partial charge is 0.305 e. The van der Waals surface area contributed by atoms with Crippen LogP contribution in [0.3, 0.4) is 0 Å². The lowest BCUT2D eigenvalue weighted by molar-refractivity contribution is -0.144. The zero-order valence-electron chi connectivity index (χ0n) is 21.9. The molecule has 0 radical (unpaired) electrons. The molecular weight excluding hydrogens is 400 g/mol. The number of esters is 2. The molecule has 0 rings (SSSR count). The van der Waals surface area contributed by atoms with Crippen LogP contribution in [0.5, 0.6) is 0 Å². The van der Waals surface area contributed by atoms with Crippen LogP contribution >= 0.6 is 0 Å². The summed E-state index contributed by atoms with van der Waals surface area (Å²) in [6.07, 6.45) is 19.9. The average molecular weight is 455 g/mol. The van der Waals surface area contributed by atoms with E-state index in [2.05, 4.69) is 27.7 Å². The van der Waals surface area contributed by atoms with Gasteiger partial charge in [0.05, 0.1) is 13.2 Å². The fourth-order valence-corrected chi connectivity index (χ4v) is 3.81.